The molecule has 2 rings (SSSR count). The molecule has 0 aromatic heterocycles. The highest BCUT2D eigenvalue weighted by Gasteiger charge is 2.13. The van der Waals surface area contributed by atoms with Crippen LogP contribution in [0.5, 0.6) is 0 Å². The van der Waals surface area contributed by atoms with Crippen molar-refractivity contribution in [3.8, 4) is 0 Å². The smallest absolute Gasteiger partial charge is 0.0115 e. The zero-order valence-corrected chi connectivity index (χ0v) is 7.09. The molecule has 1 heteroatoms. The van der Waals surface area contributed by atoms with Crippen molar-refractivity contribution in [2.75, 3.05) is 5.75 Å². The van der Waals surface area contributed by atoms with E-state index >= 15 is 0 Å². The number of hydrogen-bond donors (Lipinski definition) is 1. The van der Waals surface area contributed by atoms with Gasteiger partial charge in [-0.15, -0.1) is 0 Å². The van der Waals surface area contributed by atoms with E-state index in [0.29, 0.717) is 5.92 Å². The van der Waals surface area contributed by atoms with Crippen molar-refractivity contribution >= 4 is 18.7 Å². The molecule has 1 aliphatic rings. The molecule has 0 spiro atoms. The SMILES string of the molecule is SCC1C=Cc2ccccc21. The molecule has 56 valence electrons. The molecule has 0 bridgehead atoms. The molecule has 1 aromatic carbocycles. The van der Waals surface area contributed by atoms with Gasteiger partial charge in [-0.3, -0.25) is 0 Å². The number of allylic oxidation sites excluding steroid dienone is 1. The molecule has 1 aliphatic carbocycles. The van der Waals surface area contributed by atoms with Gasteiger partial charge >= 0.3 is 0 Å². The van der Waals surface area contributed by atoms with Gasteiger partial charge in [0.15, 0.2) is 0 Å². The Labute approximate surface area is 72.4 Å². The van der Waals surface area contributed by atoms with E-state index in [0.717, 1.165) is 5.75 Å². The molecule has 0 radical (unpaired) electrons. The van der Waals surface area contributed by atoms with E-state index in [1.807, 2.05) is 0 Å². The normalized spacial score (nSPS) is 20.3. The van der Waals surface area contributed by atoms with Crippen LogP contribution in [0, 0.1) is 0 Å². The van der Waals surface area contributed by atoms with Crippen molar-refractivity contribution in [3.05, 3.63) is 41.5 Å². The summed E-state index contributed by atoms with van der Waals surface area (Å²) in [5.41, 5.74) is 2.77. The molecule has 11 heavy (non-hydrogen) atoms. The van der Waals surface area contributed by atoms with Gasteiger partial charge in [0, 0.05) is 11.7 Å². The number of fused-ring (bicyclic) bond motifs is 1. The van der Waals surface area contributed by atoms with E-state index in [1.54, 1.807) is 0 Å². The second kappa shape index (κ2) is 2.74. The van der Waals surface area contributed by atoms with Crippen LogP contribution in [0.2, 0.25) is 0 Å². The summed E-state index contributed by atoms with van der Waals surface area (Å²) in [4.78, 5) is 0. The standard InChI is InChI=1S/C10H10S/c11-7-9-6-5-8-3-1-2-4-10(8)9/h1-6,9,11H,7H2. The predicted octanol–water partition coefficient (Wildman–Crippen LogP) is 2.73. The average molecular weight is 162 g/mol. The van der Waals surface area contributed by atoms with Gasteiger partial charge in [0.25, 0.3) is 0 Å². The van der Waals surface area contributed by atoms with Crippen molar-refractivity contribution in [3.63, 3.8) is 0 Å². The van der Waals surface area contributed by atoms with E-state index < -0.39 is 0 Å². The van der Waals surface area contributed by atoms with Gasteiger partial charge in [0.2, 0.25) is 0 Å². The Balaban J connectivity index is 2.46. The lowest BCUT2D eigenvalue weighted by molar-refractivity contribution is 1.01. The van der Waals surface area contributed by atoms with E-state index in [2.05, 4.69) is 49.0 Å². The quantitative estimate of drug-likeness (QED) is 0.603. The predicted molar refractivity (Wildman–Crippen MR) is 52.1 cm³/mol. The molecule has 1 atom stereocenters. The molecule has 1 unspecified atom stereocenters. The van der Waals surface area contributed by atoms with Gasteiger partial charge in [-0.1, -0.05) is 36.4 Å². The molecular weight excluding hydrogens is 152 g/mol. The molecule has 0 heterocycles. The minimum Gasteiger partial charge on any atom is -0.178 e. The summed E-state index contributed by atoms with van der Waals surface area (Å²) >= 11 is 4.29. The lowest BCUT2D eigenvalue weighted by atomic mass is 10.0. The van der Waals surface area contributed by atoms with Crippen LogP contribution >= 0.6 is 12.6 Å². The Morgan fingerprint density at radius 3 is 2.91 bits per heavy atom. The van der Waals surface area contributed by atoms with Crippen LogP contribution in [0.25, 0.3) is 6.08 Å². The summed E-state index contributed by atoms with van der Waals surface area (Å²) < 4.78 is 0. The first-order valence-corrected chi connectivity index (χ1v) is 4.43. The number of thiol groups is 1. The zero-order chi connectivity index (χ0) is 7.68. The van der Waals surface area contributed by atoms with Crippen molar-refractivity contribution in [2.24, 2.45) is 0 Å². The first-order chi connectivity index (χ1) is 5.42. The van der Waals surface area contributed by atoms with Gasteiger partial charge in [-0.2, -0.15) is 12.6 Å². The molecule has 0 nitrogen and oxygen atoms in total. The third-order valence-corrected chi connectivity index (χ3v) is 2.49. The highest BCUT2D eigenvalue weighted by atomic mass is 32.1. The van der Waals surface area contributed by atoms with Gasteiger partial charge in [-0.05, 0) is 11.1 Å². The summed E-state index contributed by atoms with van der Waals surface area (Å²) in [5, 5.41) is 0. The maximum absolute atomic E-state index is 4.29. The largest absolute Gasteiger partial charge is 0.178 e. The lowest BCUT2D eigenvalue weighted by Crippen LogP contribution is -1.92. The Bertz CT molecular complexity index is 289. The summed E-state index contributed by atoms with van der Waals surface area (Å²) in [5.74, 6) is 1.45. The molecular formula is C10H10S. The molecule has 0 aliphatic heterocycles. The summed E-state index contributed by atoms with van der Waals surface area (Å²) in [6, 6.07) is 8.48. The van der Waals surface area contributed by atoms with Crippen molar-refractivity contribution < 1.29 is 0 Å². The molecule has 0 saturated carbocycles. The Morgan fingerprint density at radius 1 is 1.27 bits per heavy atom. The minimum atomic E-state index is 0.537. The van der Waals surface area contributed by atoms with Crippen LogP contribution in [0.1, 0.15) is 17.0 Å². The van der Waals surface area contributed by atoms with Crippen LogP contribution in [0.3, 0.4) is 0 Å². The summed E-state index contributed by atoms with van der Waals surface area (Å²) in [6.45, 7) is 0. The summed E-state index contributed by atoms with van der Waals surface area (Å²) in [6.07, 6.45) is 4.40. The molecule has 0 fully saturated rings. The second-order valence-corrected chi connectivity index (χ2v) is 3.14. The first kappa shape index (κ1) is 6.99. The first-order valence-electron chi connectivity index (χ1n) is 3.80. The van der Waals surface area contributed by atoms with E-state index in [4.69, 9.17) is 0 Å². The summed E-state index contributed by atoms with van der Waals surface area (Å²) in [7, 11) is 0. The van der Waals surface area contributed by atoms with Gasteiger partial charge < -0.3 is 0 Å². The third kappa shape index (κ3) is 1.10. The number of hydrogen-bond acceptors (Lipinski definition) is 1. The maximum atomic E-state index is 4.29. The fourth-order valence-electron chi connectivity index (χ4n) is 1.48. The molecule has 1 aromatic rings. The van der Waals surface area contributed by atoms with Gasteiger partial charge in [0.05, 0.1) is 0 Å². The Morgan fingerprint density at radius 2 is 2.09 bits per heavy atom. The second-order valence-electron chi connectivity index (χ2n) is 2.78. The van der Waals surface area contributed by atoms with Crippen molar-refractivity contribution in [1.29, 1.82) is 0 Å². The van der Waals surface area contributed by atoms with Crippen molar-refractivity contribution in [1.82, 2.24) is 0 Å². The highest BCUT2D eigenvalue weighted by molar-refractivity contribution is 7.80. The van der Waals surface area contributed by atoms with E-state index in [-0.39, 0.29) is 0 Å². The molecule has 0 saturated heterocycles. The van der Waals surface area contributed by atoms with E-state index in [9.17, 15) is 0 Å². The minimum absolute atomic E-state index is 0.537. The Hall–Kier alpha value is -0.690. The molecule has 0 N–H and O–H groups in total. The third-order valence-electron chi connectivity index (χ3n) is 2.10. The van der Waals surface area contributed by atoms with Crippen LogP contribution < -0.4 is 0 Å². The Kier molecular flexibility index (Phi) is 1.74. The fourth-order valence-corrected chi connectivity index (χ4v) is 1.80. The van der Waals surface area contributed by atoms with Gasteiger partial charge in [0.1, 0.15) is 0 Å². The number of rotatable bonds is 1. The van der Waals surface area contributed by atoms with Crippen LogP contribution in [-0.4, -0.2) is 5.75 Å². The number of benzene rings is 1. The molecule has 0 amide bonds. The maximum Gasteiger partial charge on any atom is 0.0115 e. The lowest BCUT2D eigenvalue weighted by Gasteiger charge is -2.05. The van der Waals surface area contributed by atoms with E-state index in [1.165, 1.54) is 11.1 Å². The van der Waals surface area contributed by atoms with Crippen LogP contribution in [0.4, 0.5) is 0 Å². The average Bonchev–Trinajstić information content (AvgIpc) is 2.47. The monoisotopic (exact) mass is 162 g/mol. The highest BCUT2D eigenvalue weighted by Crippen LogP contribution is 2.29. The topological polar surface area (TPSA) is 0 Å². The van der Waals surface area contributed by atoms with Crippen molar-refractivity contribution in [2.45, 2.75) is 5.92 Å². The van der Waals surface area contributed by atoms with Crippen LogP contribution in [-0.2, 0) is 0 Å². The fraction of sp³-hybridized carbons (Fsp3) is 0.200. The zero-order valence-electron chi connectivity index (χ0n) is 6.20. The van der Waals surface area contributed by atoms with Gasteiger partial charge in [-0.25, -0.2) is 0 Å². The van der Waals surface area contributed by atoms with Crippen LogP contribution in [0.15, 0.2) is 30.3 Å².